The van der Waals surface area contributed by atoms with Gasteiger partial charge in [0.1, 0.15) is 0 Å². The van der Waals surface area contributed by atoms with Gasteiger partial charge in [-0.3, -0.25) is 9.59 Å². The standard InChI is InChI=1S/C16H13ClIN3O2/c1-10-12(17)6-4-8-14(10)20-15(22)16(23)21-19-9-11-5-2-3-7-13(11)18/h2-9H,1H3,(H,20,22)(H,21,23). The molecule has 0 unspecified atom stereocenters. The maximum absolute atomic E-state index is 11.8. The van der Waals surface area contributed by atoms with Gasteiger partial charge in [-0.1, -0.05) is 35.9 Å². The molecule has 0 heterocycles. The van der Waals surface area contributed by atoms with Crippen molar-refractivity contribution in [2.45, 2.75) is 6.92 Å². The monoisotopic (exact) mass is 441 g/mol. The molecule has 0 aliphatic rings. The summed E-state index contributed by atoms with van der Waals surface area (Å²) in [6.45, 7) is 1.76. The molecule has 2 rings (SSSR count). The van der Waals surface area contributed by atoms with E-state index in [1.807, 2.05) is 24.3 Å². The number of hydrogen-bond donors (Lipinski definition) is 2. The summed E-state index contributed by atoms with van der Waals surface area (Å²) in [5.41, 5.74) is 4.22. The molecule has 0 saturated heterocycles. The molecule has 0 aromatic heterocycles. The van der Waals surface area contributed by atoms with Crippen LogP contribution in [0.4, 0.5) is 5.69 Å². The maximum Gasteiger partial charge on any atom is 0.329 e. The number of hydrogen-bond acceptors (Lipinski definition) is 3. The summed E-state index contributed by atoms with van der Waals surface area (Å²) >= 11 is 8.12. The van der Waals surface area contributed by atoms with Crippen LogP contribution in [0.2, 0.25) is 5.02 Å². The Morgan fingerprint density at radius 3 is 2.61 bits per heavy atom. The topological polar surface area (TPSA) is 70.6 Å². The van der Waals surface area contributed by atoms with Crippen LogP contribution in [0.1, 0.15) is 11.1 Å². The molecule has 0 fully saturated rings. The molecule has 2 aromatic rings. The minimum atomic E-state index is -0.855. The van der Waals surface area contributed by atoms with Crippen molar-refractivity contribution in [3.8, 4) is 0 Å². The van der Waals surface area contributed by atoms with Crippen LogP contribution in [0.3, 0.4) is 0 Å². The van der Waals surface area contributed by atoms with E-state index >= 15 is 0 Å². The Hall–Kier alpha value is -1.93. The van der Waals surface area contributed by atoms with Gasteiger partial charge in [-0.2, -0.15) is 5.10 Å². The third kappa shape index (κ3) is 4.77. The third-order valence-corrected chi connectivity index (χ3v) is 4.39. The number of nitrogens with one attached hydrogen (secondary N) is 2. The molecule has 7 heteroatoms. The van der Waals surface area contributed by atoms with E-state index in [4.69, 9.17) is 11.6 Å². The van der Waals surface area contributed by atoms with Crippen LogP contribution in [-0.4, -0.2) is 18.0 Å². The lowest BCUT2D eigenvalue weighted by molar-refractivity contribution is -0.136. The van der Waals surface area contributed by atoms with E-state index in [0.717, 1.165) is 9.13 Å². The molecule has 0 atom stereocenters. The summed E-state index contributed by atoms with van der Waals surface area (Å²) in [6.07, 6.45) is 1.48. The van der Waals surface area contributed by atoms with E-state index in [1.165, 1.54) is 6.21 Å². The second-order valence-corrected chi connectivity index (χ2v) is 6.16. The van der Waals surface area contributed by atoms with Gasteiger partial charge in [0.25, 0.3) is 0 Å². The molecular weight excluding hydrogens is 429 g/mol. The first-order chi connectivity index (χ1) is 11.0. The number of rotatable bonds is 3. The van der Waals surface area contributed by atoms with Crippen molar-refractivity contribution in [3.63, 3.8) is 0 Å². The van der Waals surface area contributed by atoms with Crippen molar-refractivity contribution in [2.24, 2.45) is 5.10 Å². The molecule has 2 N–H and O–H groups in total. The highest BCUT2D eigenvalue weighted by molar-refractivity contribution is 14.1. The van der Waals surface area contributed by atoms with Gasteiger partial charge in [-0.25, -0.2) is 5.43 Å². The number of benzene rings is 2. The SMILES string of the molecule is Cc1c(Cl)cccc1NC(=O)C(=O)NN=Cc1ccccc1I. The van der Waals surface area contributed by atoms with Crippen LogP contribution >= 0.6 is 34.2 Å². The zero-order valence-electron chi connectivity index (χ0n) is 12.1. The fourth-order valence-electron chi connectivity index (χ4n) is 1.71. The Kier molecular flexibility index (Phi) is 6.12. The van der Waals surface area contributed by atoms with Crippen LogP contribution in [0, 0.1) is 10.5 Å². The van der Waals surface area contributed by atoms with E-state index in [1.54, 1.807) is 25.1 Å². The molecule has 23 heavy (non-hydrogen) atoms. The van der Waals surface area contributed by atoms with Crippen LogP contribution in [0.25, 0.3) is 0 Å². The summed E-state index contributed by atoms with van der Waals surface area (Å²) in [6, 6.07) is 12.6. The van der Waals surface area contributed by atoms with Gasteiger partial charge >= 0.3 is 11.8 Å². The maximum atomic E-state index is 11.8. The smallest absolute Gasteiger partial charge is 0.317 e. The fourth-order valence-corrected chi connectivity index (χ4v) is 2.41. The van der Waals surface area contributed by atoms with Gasteiger partial charge in [0.15, 0.2) is 0 Å². The lowest BCUT2D eigenvalue weighted by Gasteiger charge is -2.08. The van der Waals surface area contributed by atoms with Crippen LogP contribution < -0.4 is 10.7 Å². The van der Waals surface area contributed by atoms with Gasteiger partial charge in [-0.15, -0.1) is 0 Å². The van der Waals surface area contributed by atoms with Gasteiger partial charge < -0.3 is 5.32 Å². The van der Waals surface area contributed by atoms with Crippen molar-refractivity contribution >= 4 is 57.9 Å². The number of halogens is 2. The Morgan fingerprint density at radius 1 is 1.13 bits per heavy atom. The molecule has 0 bridgehead atoms. The number of hydrazone groups is 1. The van der Waals surface area contributed by atoms with Crippen molar-refractivity contribution in [3.05, 3.63) is 62.2 Å². The summed E-state index contributed by atoms with van der Waals surface area (Å²) in [5.74, 6) is -1.66. The van der Waals surface area contributed by atoms with E-state index in [-0.39, 0.29) is 0 Å². The van der Waals surface area contributed by atoms with E-state index < -0.39 is 11.8 Å². The predicted octanol–water partition coefficient (Wildman–Crippen LogP) is 3.34. The summed E-state index contributed by atoms with van der Waals surface area (Å²) in [5, 5.41) is 6.80. The highest BCUT2D eigenvalue weighted by Gasteiger charge is 2.14. The summed E-state index contributed by atoms with van der Waals surface area (Å²) in [4.78, 5) is 23.6. The van der Waals surface area contributed by atoms with Crippen molar-refractivity contribution in [1.82, 2.24) is 5.43 Å². The Balaban J connectivity index is 1.97. The molecule has 0 aliphatic carbocycles. The predicted molar refractivity (Wildman–Crippen MR) is 99.7 cm³/mol. The van der Waals surface area contributed by atoms with E-state index in [2.05, 4.69) is 38.4 Å². The molecular formula is C16H13ClIN3O2. The molecule has 2 aromatic carbocycles. The van der Waals surface area contributed by atoms with E-state index in [0.29, 0.717) is 16.3 Å². The average Bonchev–Trinajstić information content (AvgIpc) is 2.53. The van der Waals surface area contributed by atoms with Crippen LogP contribution in [-0.2, 0) is 9.59 Å². The molecule has 0 radical (unpaired) electrons. The fraction of sp³-hybridized carbons (Fsp3) is 0.0625. The normalized spacial score (nSPS) is 10.6. The number of carbonyl (C=O) groups is 2. The third-order valence-electron chi connectivity index (χ3n) is 3.00. The van der Waals surface area contributed by atoms with Gasteiger partial charge in [0, 0.05) is 19.8 Å². The quantitative estimate of drug-likeness (QED) is 0.332. The lowest BCUT2D eigenvalue weighted by Crippen LogP contribution is -2.32. The molecule has 0 aliphatic heterocycles. The minimum absolute atomic E-state index is 0.485. The second-order valence-electron chi connectivity index (χ2n) is 4.59. The highest BCUT2D eigenvalue weighted by Crippen LogP contribution is 2.22. The van der Waals surface area contributed by atoms with Crippen molar-refractivity contribution in [2.75, 3.05) is 5.32 Å². The Morgan fingerprint density at radius 2 is 1.87 bits per heavy atom. The number of anilines is 1. The average molecular weight is 442 g/mol. The van der Waals surface area contributed by atoms with Crippen molar-refractivity contribution in [1.29, 1.82) is 0 Å². The van der Waals surface area contributed by atoms with Crippen molar-refractivity contribution < 1.29 is 9.59 Å². The molecule has 118 valence electrons. The molecule has 2 amide bonds. The minimum Gasteiger partial charge on any atom is -0.317 e. The lowest BCUT2D eigenvalue weighted by atomic mass is 10.2. The highest BCUT2D eigenvalue weighted by atomic mass is 127. The zero-order valence-corrected chi connectivity index (χ0v) is 15.1. The molecule has 0 spiro atoms. The largest absolute Gasteiger partial charge is 0.329 e. The Bertz CT molecular complexity index is 778. The molecule has 5 nitrogen and oxygen atoms in total. The van der Waals surface area contributed by atoms with Crippen LogP contribution in [0.5, 0.6) is 0 Å². The Labute approximate surface area is 152 Å². The van der Waals surface area contributed by atoms with Gasteiger partial charge in [0.2, 0.25) is 0 Å². The molecule has 0 saturated carbocycles. The first kappa shape index (κ1) is 17.4. The van der Waals surface area contributed by atoms with Gasteiger partial charge in [0.05, 0.1) is 6.21 Å². The zero-order chi connectivity index (χ0) is 16.8. The number of amides is 2. The first-order valence-corrected chi connectivity index (χ1v) is 8.08. The van der Waals surface area contributed by atoms with E-state index in [9.17, 15) is 9.59 Å². The summed E-state index contributed by atoms with van der Waals surface area (Å²) < 4.78 is 0.988. The number of carbonyl (C=O) groups excluding carboxylic acids is 2. The van der Waals surface area contributed by atoms with Crippen LogP contribution in [0.15, 0.2) is 47.6 Å². The number of nitrogens with zero attached hydrogens (tertiary/aromatic N) is 1. The second kappa shape index (κ2) is 8.07. The van der Waals surface area contributed by atoms with Gasteiger partial charge in [-0.05, 0) is 53.3 Å². The first-order valence-electron chi connectivity index (χ1n) is 6.63. The summed E-state index contributed by atoms with van der Waals surface area (Å²) in [7, 11) is 0.